The average molecular weight is 270 g/mol. The van der Waals surface area contributed by atoms with Crippen molar-refractivity contribution in [2.75, 3.05) is 32.8 Å². The van der Waals surface area contributed by atoms with Crippen LogP contribution < -0.4 is 0 Å². The topological polar surface area (TPSA) is 70.1 Å². The van der Waals surface area contributed by atoms with Crippen molar-refractivity contribution in [3.8, 4) is 0 Å². The molecule has 2 heterocycles. The molecule has 2 aliphatic heterocycles. The summed E-state index contributed by atoms with van der Waals surface area (Å²) in [5, 5.41) is 9.04. The molecule has 0 aliphatic carbocycles. The van der Waals surface area contributed by atoms with Gasteiger partial charge in [-0.25, -0.2) is 4.79 Å². The fourth-order valence-corrected chi connectivity index (χ4v) is 2.80. The summed E-state index contributed by atoms with van der Waals surface area (Å²) < 4.78 is 5.35. The summed E-state index contributed by atoms with van der Waals surface area (Å²) in [6.45, 7) is 5.12. The molecular weight excluding hydrogens is 248 g/mol. The number of piperidine rings is 1. The van der Waals surface area contributed by atoms with E-state index in [4.69, 9.17) is 9.84 Å². The van der Waals surface area contributed by atoms with Crippen LogP contribution in [0.2, 0.25) is 0 Å². The third-order valence-corrected chi connectivity index (χ3v) is 3.96. The van der Waals surface area contributed by atoms with E-state index in [1.807, 2.05) is 16.7 Å². The van der Waals surface area contributed by atoms with Gasteiger partial charge in [-0.2, -0.15) is 0 Å². The lowest BCUT2D eigenvalue weighted by Crippen LogP contribution is -2.52. The maximum Gasteiger partial charge on any atom is 0.320 e. The fourth-order valence-electron chi connectivity index (χ4n) is 2.80. The van der Waals surface area contributed by atoms with Gasteiger partial charge in [-0.3, -0.25) is 4.79 Å². The number of carbonyl (C=O) groups excluding carboxylic acids is 1. The summed E-state index contributed by atoms with van der Waals surface area (Å²) in [6.07, 6.45) is 1.97. The van der Waals surface area contributed by atoms with Gasteiger partial charge in [0.25, 0.3) is 0 Å². The highest BCUT2D eigenvalue weighted by molar-refractivity contribution is 5.76. The molecule has 0 bridgehead atoms. The van der Waals surface area contributed by atoms with Gasteiger partial charge >= 0.3 is 12.0 Å². The molecule has 6 heteroatoms. The van der Waals surface area contributed by atoms with Gasteiger partial charge < -0.3 is 19.6 Å². The number of nitrogens with zero attached hydrogens (tertiary/aromatic N) is 2. The van der Waals surface area contributed by atoms with Crippen molar-refractivity contribution in [2.24, 2.45) is 5.92 Å². The highest BCUT2D eigenvalue weighted by atomic mass is 16.5. The Balaban J connectivity index is 1.94. The van der Waals surface area contributed by atoms with E-state index < -0.39 is 5.97 Å². The van der Waals surface area contributed by atoms with Crippen LogP contribution in [0, 0.1) is 5.92 Å². The van der Waals surface area contributed by atoms with Crippen LogP contribution in [-0.4, -0.2) is 65.8 Å². The Labute approximate surface area is 113 Å². The van der Waals surface area contributed by atoms with E-state index in [0.29, 0.717) is 39.1 Å². The molecule has 0 radical (unpaired) electrons. The van der Waals surface area contributed by atoms with Gasteiger partial charge in [-0.1, -0.05) is 0 Å². The maximum absolute atomic E-state index is 12.4. The number of aliphatic carboxylic acids is 1. The molecule has 2 amide bonds. The number of hydrogen-bond donors (Lipinski definition) is 1. The van der Waals surface area contributed by atoms with E-state index >= 15 is 0 Å². The quantitative estimate of drug-likeness (QED) is 0.772. The van der Waals surface area contributed by atoms with Crippen molar-refractivity contribution in [2.45, 2.75) is 32.2 Å². The van der Waals surface area contributed by atoms with E-state index in [-0.39, 0.29) is 18.0 Å². The number of carboxylic acids is 1. The minimum Gasteiger partial charge on any atom is -0.481 e. The summed E-state index contributed by atoms with van der Waals surface area (Å²) in [5.41, 5.74) is 0. The maximum atomic E-state index is 12.4. The lowest BCUT2D eigenvalue weighted by Gasteiger charge is -2.39. The highest BCUT2D eigenvalue weighted by Gasteiger charge is 2.34. The number of hydrogen-bond acceptors (Lipinski definition) is 3. The largest absolute Gasteiger partial charge is 0.481 e. The number of urea groups is 1. The van der Waals surface area contributed by atoms with Crippen molar-refractivity contribution in [3.63, 3.8) is 0 Å². The third kappa shape index (κ3) is 3.37. The molecule has 0 aromatic heterocycles. The lowest BCUT2D eigenvalue weighted by atomic mass is 9.92. The second-order valence-corrected chi connectivity index (χ2v) is 5.34. The Kier molecular flexibility index (Phi) is 4.63. The van der Waals surface area contributed by atoms with Gasteiger partial charge in [0.05, 0.1) is 12.5 Å². The Morgan fingerprint density at radius 2 is 2.00 bits per heavy atom. The first-order valence-corrected chi connectivity index (χ1v) is 6.95. The van der Waals surface area contributed by atoms with Gasteiger partial charge in [0.15, 0.2) is 0 Å². The number of rotatable bonds is 1. The number of carboxylic acid groups (broad SMARTS) is 1. The van der Waals surface area contributed by atoms with Gasteiger partial charge in [0.1, 0.15) is 0 Å². The first-order chi connectivity index (χ1) is 9.09. The molecule has 6 nitrogen and oxygen atoms in total. The molecule has 2 unspecified atom stereocenters. The molecule has 2 rings (SSSR count). The van der Waals surface area contributed by atoms with Crippen molar-refractivity contribution < 1.29 is 19.4 Å². The number of carbonyl (C=O) groups is 2. The molecule has 0 aromatic carbocycles. The zero-order valence-electron chi connectivity index (χ0n) is 11.4. The monoisotopic (exact) mass is 270 g/mol. The predicted octanol–water partition coefficient (Wildman–Crippen LogP) is 1.01. The van der Waals surface area contributed by atoms with Crippen molar-refractivity contribution in [3.05, 3.63) is 0 Å². The van der Waals surface area contributed by atoms with Crippen LogP contribution in [-0.2, 0) is 9.53 Å². The van der Waals surface area contributed by atoms with E-state index in [9.17, 15) is 9.59 Å². The number of ether oxygens (including phenoxy) is 1. The normalized spacial score (nSPS) is 28.9. The van der Waals surface area contributed by atoms with Crippen LogP contribution >= 0.6 is 0 Å². The van der Waals surface area contributed by atoms with Crippen molar-refractivity contribution in [1.82, 2.24) is 9.80 Å². The molecule has 0 spiro atoms. The molecule has 0 aromatic rings. The third-order valence-electron chi connectivity index (χ3n) is 3.96. The standard InChI is InChI=1S/C13H22N2O4/c1-10-9-11(12(16)17)3-5-15(10)13(18)14-4-2-7-19-8-6-14/h10-11H,2-9H2,1H3,(H,16,17). The molecule has 2 aliphatic rings. The predicted molar refractivity (Wildman–Crippen MR) is 68.9 cm³/mol. The van der Waals surface area contributed by atoms with Crippen LogP contribution in [0.4, 0.5) is 4.79 Å². The molecule has 0 saturated carbocycles. The van der Waals surface area contributed by atoms with Crippen molar-refractivity contribution >= 4 is 12.0 Å². The Morgan fingerprint density at radius 3 is 2.68 bits per heavy atom. The van der Waals surface area contributed by atoms with Crippen LogP contribution in [0.1, 0.15) is 26.2 Å². The smallest absolute Gasteiger partial charge is 0.320 e. The lowest BCUT2D eigenvalue weighted by molar-refractivity contribution is -0.143. The van der Waals surface area contributed by atoms with Crippen molar-refractivity contribution in [1.29, 1.82) is 0 Å². The van der Waals surface area contributed by atoms with Crippen LogP contribution in [0.5, 0.6) is 0 Å². The summed E-state index contributed by atoms with van der Waals surface area (Å²) in [5.74, 6) is -1.06. The molecule has 2 atom stereocenters. The minimum atomic E-state index is -0.748. The second kappa shape index (κ2) is 6.23. The van der Waals surface area contributed by atoms with Crippen LogP contribution in [0.25, 0.3) is 0 Å². The second-order valence-electron chi connectivity index (χ2n) is 5.34. The average Bonchev–Trinajstić information content (AvgIpc) is 2.66. The van der Waals surface area contributed by atoms with Gasteiger partial charge in [0, 0.05) is 32.3 Å². The molecule has 108 valence electrons. The van der Waals surface area contributed by atoms with Gasteiger partial charge in [-0.05, 0) is 26.2 Å². The zero-order chi connectivity index (χ0) is 13.8. The van der Waals surface area contributed by atoms with Gasteiger partial charge in [-0.15, -0.1) is 0 Å². The summed E-state index contributed by atoms with van der Waals surface area (Å²) in [7, 11) is 0. The SMILES string of the molecule is CC1CC(C(=O)O)CCN1C(=O)N1CCCOCC1. The molecule has 2 saturated heterocycles. The molecule has 1 N–H and O–H groups in total. The Hall–Kier alpha value is -1.30. The summed E-state index contributed by atoms with van der Waals surface area (Å²) >= 11 is 0. The first-order valence-electron chi connectivity index (χ1n) is 6.95. The highest BCUT2D eigenvalue weighted by Crippen LogP contribution is 2.24. The zero-order valence-corrected chi connectivity index (χ0v) is 11.4. The minimum absolute atomic E-state index is 0.00785. The molecule has 2 fully saturated rings. The van der Waals surface area contributed by atoms with Gasteiger partial charge in [0.2, 0.25) is 0 Å². The fraction of sp³-hybridized carbons (Fsp3) is 0.846. The van der Waals surface area contributed by atoms with E-state index in [1.165, 1.54) is 0 Å². The van der Waals surface area contributed by atoms with E-state index in [2.05, 4.69) is 0 Å². The number of likely N-dealkylation sites (tertiary alicyclic amines) is 1. The molecular formula is C13H22N2O4. The first kappa shape index (κ1) is 14.1. The van der Waals surface area contributed by atoms with Crippen LogP contribution in [0.15, 0.2) is 0 Å². The van der Waals surface area contributed by atoms with Crippen LogP contribution in [0.3, 0.4) is 0 Å². The van der Waals surface area contributed by atoms with E-state index in [1.54, 1.807) is 0 Å². The Bertz CT molecular complexity index is 340. The summed E-state index contributed by atoms with van der Waals surface area (Å²) in [4.78, 5) is 27.1. The number of amides is 2. The van der Waals surface area contributed by atoms with E-state index in [0.717, 1.165) is 13.0 Å². The Morgan fingerprint density at radius 1 is 1.21 bits per heavy atom. The summed E-state index contributed by atoms with van der Waals surface area (Å²) in [6, 6.07) is 0.0216. The molecule has 19 heavy (non-hydrogen) atoms.